The molecule has 0 spiro atoms. The van der Waals surface area contributed by atoms with Crippen LogP contribution in [0.15, 0.2) is 67.0 Å². The Morgan fingerprint density at radius 3 is 2.60 bits per heavy atom. The van der Waals surface area contributed by atoms with Gasteiger partial charge < -0.3 is 14.8 Å². The molecule has 0 amide bonds. The second-order valence-electron chi connectivity index (χ2n) is 6.21. The summed E-state index contributed by atoms with van der Waals surface area (Å²) in [6, 6.07) is 18.0. The second-order valence-corrected chi connectivity index (χ2v) is 6.65. The quantitative estimate of drug-likeness (QED) is 0.312. The number of methoxy groups -OCH3 is 1. The zero-order valence-corrected chi connectivity index (χ0v) is 16.5. The fraction of sp³-hybridized carbons (Fsp3) is 0.0476. The molecular formula is C21H15ClN4O4. The van der Waals surface area contributed by atoms with Gasteiger partial charge in [0.05, 0.1) is 17.7 Å². The van der Waals surface area contributed by atoms with Crippen molar-refractivity contribution < 1.29 is 14.4 Å². The zero-order chi connectivity index (χ0) is 21.1. The number of aromatic nitrogens is 2. The van der Waals surface area contributed by atoms with Crippen LogP contribution in [-0.4, -0.2) is 22.0 Å². The third-order valence-electron chi connectivity index (χ3n) is 4.32. The van der Waals surface area contributed by atoms with Crippen LogP contribution in [0, 0.1) is 10.1 Å². The molecule has 0 aliphatic carbocycles. The maximum Gasteiger partial charge on any atom is 0.373 e. The predicted octanol–water partition coefficient (Wildman–Crippen LogP) is 5.74. The van der Waals surface area contributed by atoms with Gasteiger partial charge in [-0.2, -0.15) is 4.98 Å². The van der Waals surface area contributed by atoms with E-state index in [1.165, 1.54) is 13.4 Å². The Kier molecular flexibility index (Phi) is 5.32. The second kappa shape index (κ2) is 8.22. The van der Waals surface area contributed by atoms with E-state index in [4.69, 9.17) is 21.1 Å². The largest absolute Gasteiger partial charge is 0.495 e. The predicted molar refractivity (Wildman–Crippen MR) is 114 cm³/mol. The molecule has 1 aromatic heterocycles. The molecule has 0 atom stereocenters. The number of benzene rings is 3. The first-order valence-corrected chi connectivity index (χ1v) is 9.19. The van der Waals surface area contributed by atoms with E-state index < -0.39 is 10.6 Å². The molecule has 1 N–H and O–H groups in total. The van der Waals surface area contributed by atoms with Crippen molar-refractivity contribution in [2.75, 3.05) is 12.4 Å². The van der Waals surface area contributed by atoms with Crippen molar-refractivity contribution >= 4 is 39.6 Å². The number of fused-ring (bicyclic) bond motifs is 1. The van der Waals surface area contributed by atoms with E-state index >= 15 is 0 Å². The van der Waals surface area contributed by atoms with Gasteiger partial charge in [-0.3, -0.25) is 10.1 Å². The fourth-order valence-electron chi connectivity index (χ4n) is 2.94. The van der Waals surface area contributed by atoms with Crippen LogP contribution in [0.4, 0.5) is 17.2 Å². The standard InChI is InChI=1S/C21H15ClN4O4/c1-29-18-9-7-15(22)11-17(18)25-20-19(26(27)28)21(24-12-23-20)30-16-8-6-13-4-2-3-5-14(13)10-16/h2-12H,1H3,(H,23,24,25). The van der Waals surface area contributed by atoms with Crippen LogP contribution in [0.25, 0.3) is 10.8 Å². The summed E-state index contributed by atoms with van der Waals surface area (Å²) in [5.41, 5.74) is 0.0103. The number of halogens is 1. The maximum absolute atomic E-state index is 11.8. The van der Waals surface area contributed by atoms with Crippen LogP contribution in [0.1, 0.15) is 0 Å². The first-order chi connectivity index (χ1) is 14.5. The first-order valence-electron chi connectivity index (χ1n) is 8.82. The van der Waals surface area contributed by atoms with Crippen LogP contribution >= 0.6 is 11.6 Å². The van der Waals surface area contributed by atoms with E-state index in [-0.39, 0.29) is 11.7 Å². The molecular weight excluding hydrogens is 408 g/mol. The lowest BCUT2D eigenvalue weighted by atomic mass is 10.1. The van der Waals surface area contributed by atoms with Crippen molar-refractivity contribution in [2.24, 2.45) is 0 Å². The van der Waals surface area contributed by atoms with Crippen LogP contribution in [-0.2, 0) is 0 Å². The number of nitro groups is 1. The van der Waals surface area contributed by atoms with E-state index in [0.717, 1.165) is 10.8 Å². The Morgan fingerprint density at radius 2 is 1.83 bits per heavy atom. The monoisotopic (exact) mass is 422 g/mol. The minimum absolute atomic E-state index is 0.0497. The van der Waals surface area contributed by atoms with E-state index in [9.17, 15) is 10.1 Å². The Balaban J connectivity index is 1.72. The molecule has 0 radical (unpaired) electrons. The molecule has 4 aromatic rings. The van der Waals surface area contributed by atoms with Crippen molar-refractivity contribution in [3.05, 3.63) is 82.1 Å². The highest BCUT2D eigenvalue weighted by Gasteiger charge is 2.26. The number of ether oxygens (including phenoxy) is 2. The van der Waals surface area contributed by atoms with E-state index in [1.807, 2.05) is 30.3 Å². The SMILES string of the molecule is COc1ccc(Cl)cc1Nc1ncnc(Oc2ccc3ccccc3c2)c1[N+](=O)[O-]. The van der Waals surface area contributed by atoms with Gasteiger partial charge >= 0.3 is 11.6 Å². The molecule has 150 valence electrons. The van der Waals surface area contributed by atoms with Gasteiger partial charge in [-0.1, -0.05) is 41.9 Å². The van der Waals surface area contributed by atoms with Crippen LogP contribution in [0.5, 0.6) is 17.4 Å². The third kappa shape index (κ3) is 3.94. The Morgan fingerprint density at radius 1 is 1.03 bits per heavy atom. The van der Waals surface area contributed by atoms with E-state index in [1.54, 1.807) is 30.3 Å². The average molecular weight is 423 g/mol. The molecule has 4 rings (SSSR count). The molecule has 3 aromatic carbocycles. The van der Waals surface area contributed by atoms with Crippen LogP contribution in [0.2, 0.25) is 5.02 Å². The molecule has 0 saturated heterocycles. The van der Waals surface area contributed by atoms with Crippen molar-refractivity contribution in [3.63, 3.8) is 0 Å². The number of hydrogen-bond acceptors (Lipinski definition) is 7. The smallest absolute Gasteiger partial charge is 0.373 e. The lowest BCUT2D eigenvalue weighted by Crippen LogP contribution is -2.04. The zero-order valence-electron chi connectivity index (χ0n) is 15.7. The topological polar surface area (TPSA) is 99.4 Å². The fourth-order valence-corrected chi connectivity index (χ4v) is 3.11. The lowest BCUT2D eigenvalue weighted by molar-refractivity contribution is -0.385. The number of hydrogen-bond donors (Lipinski definition) is 1. The number of anilines is 2. The minimum atomic E-state index is -0.601. The number of rotatable bonds is 6. The maximum atomic E-state index is 11.8. The van der Waals surface area contributed by atoms with Gasteiger partial charge in [-0.15, -0.1) is 0 Å². The van der Waals surface area contributed by atoms with Crippen molar-refractivity contribution in [1.82, 2.24) is 9.97 Å². The molecule has 0 aliphatic rings. The third-order valence-corrected chi connectivity index (χ3v) is 4.56. The van der Waals surface area contributed by atoms with E-state index in [0.29, 0.717) is 22.2 Å². The molecule has 0 saturated carbocycles. The summed E-state index contributed by atoms with van der Waals surface area (Å²) in [4.78, 5) is 19.2. The summed E-state index contributed by atoms with van der Waals surface area (Å²) in [7, 11) is 1.48. The van der Waals surface area contributed by atoms with Gasteiger partial charge in [0.1, 0.15) is 17.8 Å². The molecule has 0 unspecified atom stereocenters. The van der Waals surface area contributed by atoms with Gasteiger partial charge in [-0.05, 0) is 41.1 Å². The van der Waals surface area contributed by atoms with Gasteiger partial charge in [0.25, 0.3) is 0 Å². The Hall–Kier alpha value is -3.91. The van der Waals surface area contributed by atoms with Gasteiger partial charge in [-0.25, -0.2) is 4.98 Å². The highest BCUT2D eigenvalue weighted by atomic mass is 35.5. The Labute approximate surface area is 176 Å². The van der Waals surface area contributed by atoms with Crippen LogP contribution in [0.3, 0.4) is 0 Å². The normalized spacial score (nSPS) is 10.6. The molecule has 30 heavy (non-hydrogen) atoms. The van der Waals surface area contributed by atoms with Crippen molar-refractivity contribution in [2.45, 2.75) is 0 Å². The summed E-state index contributed by atoms with van der Waals surface area (Å²) in [6.07, 6.45) is 1.18. The average Bonchev–Trinajstić information content (AvgIpc) is 2.74. The van der Waals surface area contributed by atoms with Crippen molar-refractivity contribution in [3.8, 4) is 17.4 Å². The molecule has 9 heteroatoms. The molecule has 0 fully saturated rings. The summed E-state index contributed by atoms with van der Waals surface area (Å²) in [5.74, 6) is 0.631. The Bertz CT molecular complexity index is 1250. The van der Waals surface area contributed by atoms with Gasteiger partial charge in [0.15, 0.2) is 0 Å². The number of nitrogens with zero attached hydrogens (tertiary/aromatic N) is 3. The lowest BCUT2D eigenvalue weighted by Gasteiger charge is -2.12. The van der Waals surface area contributed by atoms with Crippen molar-refractivity contribution in [1.29, 1.82) is 0 Å². The molecule has 8 nitrogen and oxygen atoms in total. The summed E-state index contributed by atoms with van der Waals surface area (Å²) in [5, 5.41) is 17.1. The molecule has 0 bridgehead atoms. The summed E-state index contributed by atoms with van der Waals surface area (Å²) in [6.45, 7) is 0. The van der Waals surface area contributed by atoms with Crippen LogP contribution < -0.4 is 14.8 Å². The molecule has 1 heterocycles. The van der Waals surface area contributed by atoms with E-state index in [2.05, 4.69) is 15.3 Å². The van der Waals surface area contributed by atoms with Gasteiger partial charge in [0, 0.05) is 5.02 Å². The minimum Gasteiger partial charge on any atom is -0.495 e. The summed E-state index contributed by atoms with van der Waals surface area (Å²) < 4.78 is 11.0. The van der Waals surface area contributed by atoms with Gasteiger partial charge in [0.2, 0.25) is 5.82 Å². The molecule has 0 aliphatic heterocycles. The highest BCUT2D eigenvalue weighted by molar-refractivity contribution is 6.31. The first kappa shape index (κ1) is 19.4. The number of nitrogens with one attached hydrogen (secondary N) is 1. The highest BCUT2D eigenvalue weighted by Crippen LogP contribution is 2.38. The summed E-state index contributed by atoms with van der Waals surface area (Å²) >= 11 is 6.04.